The van der Waals surface area contributed by atoms with E-state index in [1.807, 2.05) is 6.92 Å². The van der Waals surface area contributed by atoms with Gasteiger partial charge in [-0.15, -0.1) is 11.3 Å². The van der Waals surface area contributed by atoms with Crippen LogP contribution >= 0.6 is 11.3 Å². The van der Waals surface area contributed by atoms with Gasteiger partial charge in [0.25, 0.3) is 0 Å². The van der Waals surface area contributed by atoms with E-state index in [2.05, 4.69) is 39.9 Å². The van der Waals surface area contributed by atoms with Crippen molar-refractivity contribution in [1.29, 1.82) is 0 Å². The van der Waals surface area contributed by atoms with Crippen molar-refractivity contribution < 1.29 is 0 Å². The van der Waals surface area contributed by atoms with Crippen molar-refractivity contribution in [1.82, 2.24) is 15.0 Å². The van der Waals surface area contributed by atoms with Gasteiger partial charge in [-0.1, -0.05) is 12.8 Å². The van der Waals surface area contributed by atoms with Crippen LogP contribution in [0.3, 0.4) is 0 Å². The number of nitrogens with zero attached hydrogens (tertiary/aromatic N) is 3. The summed E-state index contributed by atoms with van der Waals surface area (Å²) in [7, 11) is 0. The lowest BCUT2D eigenvalue weighted by molar-refractivity contribution is 0.742. The predicted molar refractivity (Wildman–Crippen MR) is 108 cm³/mol. The monoisotopic (exact) mass is 365 g/mol. The topological polar surface area (TPSA) is 62.7 Å². The van der Waals surface area contributed by atoms with E-state index in [0.717, 1.165) is 33.7 Å². The molecule has 2 heterocycles. The summed E-state index contributed by atoms with van der Waals surface area (Å²) in [6, 6.07) is 8.95. The first-order chi connectivity index (χ1) is 12.7. The van der Waals surface area contributed by atoms with Gasteiger partial charge in [0.1, 0.15) is 5.82 Å². The number of hydrogen-bond acceptors (Lipinski definition) is 6. The van der Waals surface area contributed by atoms with Crippen LogP contribution in [0.1, 0.15) is 55.1 Å². The number of anilines is 3. The van der Waals surface area contributed by atoms with E-state index >= 15 is 0 Å². The maximum Gasteiger partial charge on any atom is 0.225 e. The molecule has 1 aromatic carbocycles. The highest BCUT2D eigenvalue weighted by atomic mass is 32.1. The van der Waals surface area contributed by atoms with Gasteiger partial charge in [-0.05, 0) is 50.8 Å². The van der Waals surface area contributed by atoms with E-state index in [1.54, 1.807) is 11.3 Å². The number of hydrogen-bond donors (Lipinski definition) is 2. The number of aromatic nitrogens is 3. The summed E-state index contributed by atoms with van der Waals surface area (Å²) in [5.74, 6) is 2.24. The molecule has 0 bridgehead atoms. The Morgan fingerprint density at radius 1 is 1.00 bits per heavy atom. The van der Waals surface area contributed by atoms with Crippen LogP contribution in [-0.4, -0.2) is 21.0 Å². The molecule has 2 aliphatic carbocycles. The highest BCUT2D eigenvalue weighted by molar-refractivity contribution is 7.18. The predicted octanol–water partition coefficient (Wildman–Crippen LogP) is 5.37. The lowest BCUT2D eigenvalue weighted by atomic mass is 10.2. The number of aryl methyl sites for hydroxylation is 1. The largest absolute Gasteiger partial charge is 0.351 e. The van der Waals surface area contributed by atoms with Gasteiger partial charge in [0.15, 0.2) is 0 Å². The van der Waals surface area contributed by atoms with Gasteiger partial charge in [-0.3, -0.25) is 0 Å². The van der Waals surface area contributed by atoms with Crippen molar-refractivity contribution in [2.24, 2.45) is 0 Å². The fraction of sp³-hybridized carbons (Fsp3) is 0.450. The van der Waals surface area contributed by atoms with E-state index in [4.69, 9.17) is 9.97 Å². The van der Waals surface area contributed by atoms with Crippen LogP contribution in [0, 0.1) is 6.92 Å². The van der Waals surface area contributed by atoms with Gasteiger partial charge >= 0.3 is 0 Å². The Labute approximate surface area is 157 Å². The molecule has 3 aromatic rings. The molecule has 0 radical (unpaired) electrons. The van der Waals surface area contributed by atoms with Crippen molar-refractivity contribution in [3.8, 4) is 0 Å². The summed E-state index contributed by atoms with van der Waals surface area (Å²) in [4.78, 5) is 14.1. The number of benzene rings is 1. The summed E-state index contributed by atoms with van der Waals surface area (Å²) < 4.78 is 1.22. The molecule has 2 aliphatic rings. The van der Waals surface area contributed by atoms with Gasteiger partial charge in [0.2, 0.25) is 5.95 Å². The molecule has 5 nitrogen and oxygen atoms in total. The van der Waals surface area contributed by atoms with Crippen LogP contribution in [0.5, 0.6) is 0 Å². The molecule has 6 heteroatoms. The molecular formula is C20H23N5S. The van der Waals surface area contributed by atoms with E-state index in [1.165, 1.54) is 43.2 Å². The number of fused-ring (bicyclic) bond motifs is 1. The Kier molecular flexibility index (Phi) is 4.00. The minimum absolute atomic E-state index is 0.520. The van der Waals surface area contributed by atoms with Gasteiger partial charge in [-0.25, -0.2) is 9.97 Å². The first-order valence-electron chi connectivity index (χ1n) is 9.53. The zero-order valence-electron chi connectivity index (χ0n) is 15.0. The van der Waals surface area contributed by atoms with Crippen molar-refractivity contribution in [2.75, 3.05) is 10.6 Å². The molecule has 0 spiro atoms. The van der Waals surface area contributed by atoms with Gasteiger partial charge in [0, 0.05) is 23.7 Å². The molecule has 2 N–H and O–H groups in total. The summed E-state index contributed by atoms with van der Waals surface area (Å²) in [5, 5.41) is 8.11. The second kappa shape index (κ2) is 6.50. The zero-order chi connectivity index (χ0) is 17.5. The third kappa shape index (κ3) is 3.38. The molecule has 0 atom stereocenters. The molecule has 0 saturated heterocycles. The second-order valence-corrected chi connectivity index (χ2v) is 8.68. The van der Waals surface area contributed by atoms with Gasteiger partial charge in [-0.2, -0.15) is 4.98 Å². The Hall–Kier alpha value is -2.21. The van der Waals surface area contributed by atoms with Crippen molar-refractivity contribution >= 4 is 39.0 Å². The van der Waals surface area contributed by atoms with Crippen LogP contribution < -0.4 is 10.6 Å². The molecule has 2 saturated carbocycles. The Bertz CT molecular complexity index is 941. The smallest absolute Gasteiger partial charge is 0.225 e. The Morgan fingerprint density at radius 2 is 1.85 bits per heavy atom. The first kappa shape index (κ1) is 16.0. The molecule has 0 amide bonds. The van der Waals surface area contributed by atoms with E-state index in [9.17, 15) is 0 Å². The molecule has 2 fully saturated rings. The Balaban J connectivity index is 1.43. The highest BCUT2D eigenvalue weighted by Crippen LogP contribution is 2.40. The lowest BCUT2D eigenvalue weighted by Gasteiger charge is -2.14. The number of rotatable bonds is 5. The fourth-order valence-electron chi connectivity index (χ4n) is 3.70. The van der Waals surface area contributed by atoms with Crippen LogP contribution in [0.2, 0.25) is 0 Å². The second-order valence-electron chi connectivity index (χ2n) is 7.44. The minimum atomic E-state index is 0.520. The molecule has 5 rings (SSSR count). The highest BCUT2D eigenvalue weighted by Gasteiger charge is 2.27. The van der Waals surface area contributed by atoms with Gasteiger partial charge < -0.3 is 10.6 Å². The molecule has 0 unspecified atom stereocenters. The maximum absolute atomic E-state index is 4.78. The fourth-order valence-corrected chi connectivity index (χ4v) is 4.51. The standard InChI is InChI=1S/C20H23N5S/c1-12-21-17-10-15(8-9-18(17)26-12)22-19-11-16(13-6-7-13)24-20(25-19)23-14-4-2-3-5-14/h8-11,13-14H,2-7H2,1H3,(H2,22,23,24,25). The average Bonchev–Trinajstić information content (AvgIpc) is 3.23. The van der Waals surface area contributed by atoms with E-state index in [-0.39, 0.29) is 0 Å². The molecular weight excluding hydrogens is 342 g/mol. The molecule has 2 aromatic heterocycles. The van der Waals surface area contributed by atoms with E-state index < -0.39 is 0 Å². The normalized spacial score (nSPS) is 17.7. The summed E-state index contributed by atoms with van der Waals surface area (Å²) in [6.45, 7) is 2.05. The van der Waals surface area contributed by atoms with Gasteiger partial charge in [0.05, 0.1) is 20.9 Å². The van der Waals surface area contributed by atoms with Crippen molar-refractivity contribution in [3.63, 3.8) is 0 Å². The van der Waals surface area contributed by atoms with Crippen LogP contribution in [0.25, 0.3) is 10.2 Å². The van der Waals surface area contributed by atoms with Crippen LogP contribution in [0.15, 0.2) is 24.3 Å². The third-order valence-electron chi connectivity index (χ3n) is 5.20. The number of nitrogens with one attached hydrogen (secondary N) is 2. The van der Waals surface area contributed by atoms with Crippen molar-refractivity contribution in [3.05, 3.63) is 35.0 Å². The minimum Gasteiger partial charge on any atom is -0.351 e. The third-order valence-corrected chi connectivity index (χ3v) is 6.15. The molecule has 134 valence electrons. The summed E-state index contributed by atoms with van der Waals surface area (Å²) in [5.41, 5.74) is 3.22. The summed E-state index contributed by atoms with van der Waals surface area (Å²) >= 11 is 1.73. The Morgan fingerprint density at radius 3 is 2.65 bits per heavy atom. The zero-order valence-corrected chi connectivity index (χ0v) is 15.8. The molecule has 26 heavy (non-hydrogen) atoms. The molecule has 0 aliphatic heterocycles. The maximum atomic E-state index is 4.78. The van der Waals surface area contributed by atoms with Crippen LogP contribution in [0.4, 0.5) is 17.5 Å². The van der Waals surface area contributed by atoms with E-state index in [0.29, 0.717) is 12.0 Å². The van der Waals surface area contributed by atoms with Crippen LogP contribution in [-0.2, 0) is 0 Å². The average molecular weight is 366 g/mol. The quantitative estimate of drug-likeness (QED) is 0.636. The number of thiazole rings is 1. The summed E-state index contributed by atoms with van der Waals surface area (Å²) in [6.07, 6.45) is 7.53. The lowest BCUT2D eigenvalue weighted by Crippen LogP contribution is -2.17. The first-order valence-corrected chi connectivity index (χ1v) is 10.3. The SMILES string of the molecule is Cc1nc2cc(Nc3cc(C4CC4)nc(NC4CCCC4)n3)ccc2s1. The van der Waals surface area contributed by atoms with Crippen molar-refractivity contribution in [2.45, 2.75) is 57.4 Å².